The molecule has 0 fully saturated rings. The van der Waals surface area contributed by atoms with Crippen LogP contribution in [0.2, 0.25) is 0 Å². The number of anilines is 2. The topological polar surface area (TPSA) is 29.3 Å². The molecule has 33 heavy (non-hydrogen) atoms. The van der Waals surface area contributed by atoms with Gasteiger partial charge in [0.05, 0.1) is 6.04 Å². The van der Waals surface area contributed by atoms with Crippen molar-refractivity contribution in [3.05, 3.63) is 114 Å². The van der Waals surface area contributed by atoms with Crippen molar-refractivity contribution in [2.75, 3.05) is 10.6 Å². The van der Waals surface area contributed by atoms with Gasteiger partial charge >= 0.3 is 0 Å². The molecule has 2 aliphatic rings. The second kappa shape index (κ2) is 8.42. The Hall–Kier alpha value is -3.56. The predicted octanol–water partition coefficient (Wildman–Crippen LogP) is 8.09. The van der Waals surface area contributed by atoms with Gasteiger partial charge in [-0.05, 0) is 78.9 Å². The van der Waals surface area contributed by atoms with Crippen LogP contribution >= 0.6 is 11.3 Å². The summed E-state index contributed by atoms with van der Waals surface area (Å²) in [6.45, 7) is 0. The number of hydrogen-bond donors (Lipinski definition) is 1. The average Bonchev–Trinajstić information content (AvgIpc) is 3.24. The molecule has 0 amide bonds. The molecule has 2 aliphatic carbocycles. The number of nitrogens with two attached hydrogens (primary N) is 1. The number of allylic oxidation sites excluding steroid dienone is 6. The number of fused-ring (bicyclic) bond motifs is 3. The van der Waals surface area contributed by atoms with E-state index < -0.39 is 0 Å². The fourth-order valence-corrected chi connectivity index (χ4v) is 6.00. The van der Waals surface area contributed by atoms with E-state index in [4.69, 9.17) is 5.73 Å². The Morgan fingerprint density at radius 1 is 0.909 bits per heavy atom. The van der Waals surface area contributed by atoms with Crippen molar-refractivity contribution in [3.8, 4) is 0 Å². The molecule has 0 aliphatic heterocycles. The fraction of sp³-hybridized carbons (Fsp3) is 0.133. The van der Waals surface area contributed by atoms with E-state index in [9.17, 15) is 0 Å². The monoisotopic (exact) mass is 446 g/mol. The second-order valence-corrected chi connectivity index (χ2v) is 9.80. The minimum Gasteiger partial charge on any atom is -0.399 e. The molecule has 0 saturated carbocycles. The highest BCUT2D eigenvalue weighted by Gasteiger charge is 2.22. The summed E-state index contributed by atoms with van der Waals surface area (Å²) >= 11 is 1.87. The molecule has 2 N–H and O–H groups in total. The van der Waals surface area contributed by atoms with Crippen molar-refractivity contribution in [1.29, 1.82) is 0 Å². The van der Waals surface area contributed by atoms with Crippen LogP contribution in [-0.4, -0.2) is 6.04 Å². The van der Waals surface area contributed by atoms with Crippen LogP contribution in [0.1, 0.15) is 24.8 Å². The Morgan fingerprint density at radius 3 is 2.55 bits per heavy atom. The maximum absolute atomic E-state index is 5.97. The largest absolute Gasteiger partial charge is 0.399 e. The molecule has 4 aromatic rings. The highest BCUT2D eigenvalue weighted by atomic mass is 32.1. The van der Waals surface area contributed by atoms with Gasteiger partial charge in [-0.2, -0.15) is 0 Å². The molecule has 2 nitrogen and oxygen atoms in total. The van der Waals surface area contributed by atoms with E-state index in [1.165, 1.54) is 42.7 Å². The summed E-state index contributed by atoms with van der Waals surface area (Å²) in [4.78, 5) is 2.47. The van der Waals surface area contributed by atoms with Crippen LogP contribution in [0.3, 0.4) is 0 Å². The lowest BCUT2D eigenvalue weighted by Gasteiger charge is -2.35. The molecule has 3 heteroatoms. The van der Waals surface area contributed by atoms with Crippen LogP contribution in [0.25, 0.3) is 25.7 Å². The summed E-state index contributed by atoms with van der Waals surface area (Å²) in [6, 6.07) is 24.1. The van der Waals surface area contributed by atoms with Crippen molar-refractivity contribution < 1.29 is 0 Å². The highest BCUT2D eigenvalue weighted by Crippen LogP contribution is 2.37. The van der Waals surface area contributed by atoms with E-state index in [2.05, 4.69) is 96.0 Å². The quantitative estimate of drug-likeness (QED) is 0.321. The molecule has 6 rings (SSSR count). The summed E-state index contributed by atoms with van der Waals surface area (Å²) in [5.74, 6) is 0. The minimum atomic E-state index is 0.292. The summed E-state index contributed by atoms with van der Waals surface area (Å²) in [5.41, 5.74) is 11.9. The Morgan fingerprint density at radius 2 is 1.76 bits per heavy atom. The van der Waals surface area contributed by atoms with Crippen molar-refractivity contribution in [2.24, 2.45) is 0 Å². The van der Waals surface area contributed by atoms with Gasteiger partial charge in [0.25, 0.3) is 0 Å². The number of hydrogen-bond acceptors (Lipinski definition) is 3. The first-order valence-electron chi connectivity index (χ1n) is 11.6. The SMILES string of the molecule is Nc1ccc(N(C2=CC=CCC2)C2C=CC(c3ccc4sc5ccccc5c4c3)=CC2)cc1. The molecule has 1 heterocycles. The average molecular weight is 447 g/mol. The molecule has 0 bridgehead atoms. The first-order valence-corrected chi connectivity index (χ1v) is 12.4. The first-order chi connectivity index (χ1) is 16.3. The van der Waals surface area contributed by atoms with Gasteiger partial charge in [0.2, 0.25) is 0 Å². The molecular formula is C30H26N2S. The number of nitrogen functional groups attached to an aromatic ring is 1. The summed E-state index contributed by atoms with van der Waals surface area (Å²) in [5, 5.41) is 2.71. The smallest absolute Gasteiger partial charge is 0.0557 e. The normalized spacial score (nSPS) is 17.9. The third-order valence-electron chi connectivity index (χ3n) is 6.59. The summed E-state index contributed by atoms with van der Waals surface area (Å²) in [7, 11) is 0. The van der Waals surface area contributed by atoms with Crippen LogP contribution < -0.4 is 10.6 Å². The number of thiophene rings is 1. The number of benzene rings is 3. The van der Waals surface area contributed by atoms with Crippen molar-refractivity contribution >= 4 is 48.5 Å². The molecule has 1 aromatic heterocycles. The zero-order valence-corrected chi connectivity index (χ0v) is 19.3. The zero-order chi connectivity index (χ0) is 22.2. The Balaban J connectivity index is 1.32. The molecule has 0 spiro atoms. The van der Waals surface area contributed by atoms with E-state index in [0.29, 0.717) is 6.04 Å². The fourth-order valence-electron chi connectivity index (χ4n) is 4.92. The van der Waals surface area contributed by atoms with Crippen molar-refractivity contribution in [2.45, 2.75) is 25.3 Å². The molecule has 1 unspecified atom stereocenters. The molecule has 0 radical (unpaired) electrons. The summed E-state index contributed by atoms with van der Waals surface area (Å²) < 4.78 is 2.71. The van der Waals surface area contributed by atoms with Crippen molar-refractivity contribution in [1.82, 2.24) is 0 Å². The van der Waals surface area contributed by atoms with Crippen molar-refractivity contribution in [3.63, 3.8) is 0 Å². The highest BCUT2D eigenvalue weighted by molar-refractivity contribution is 7.25. The van der Waals surface area contributed by atoms with Crippen LogP contribution in [0.4, 0.5) is 11.4 Å². The lowest BCUT2D eigenvalue weighted by molar-refractivity contribution is 0.722. The van der Waals surface area contributed by atoms with E-state index in [1.807, 2.05) is 23.5 Å². The first kappa shape index (κ1) is 20.1. The molecule has 0 saturated heterocycles. The molecular weight excluding hydrogens is 420 g/mol. The maximum Gasteiger partial charge on any atom is 0.0557 e. The van der Waals surface area contributed by atoms with Gasteiger partial charge in [0.15, 0.2) is 0 Å². The maximum atomic E-state index is 5.97. The molecule has 1 atom stereocenters. The van der Waals surface area contributed by atoms with Gasteiger partial charge < -0.3 is 10.6 Å². The predicted molar refractivity (Wildman–Crippen MR) is 145 cm³/mol. The van der Waals surface area contributed by atoms with Gasteiger partial charge in [-0.25, -0.2) is 0 Å². The van der Waals surface area contributed by atoms with E-state index in [1.54, 1.807) is 0 Å². The standard InChI is InChI=1S/C30H26N2S/c31-23-13-17-26(18-14-23)32(24-6-2-1-3-7-24)25-15-10-21(11-16-25)22-12-19-30-28(20-22)27-8-4-5-9-29(27)33-30/h1-2,4-6,8-15,17-20,25H,3,7,16,31H2. The number of nitrogens with zero attached hydrogens (tertiary/aromatic N) is 1. The Labute approximate surface area is 198 Å². The zero-order valence-electron chi connectivity index (χ0n) is 18.4. The second-order valence-electron chi connectivity index (χ2n) is 8.72. The molecule has 3 aromatic carbocycles. The van der Waals surface area contributed by atoms with Crippen LogP contribution in [-0.2, 0) is 0 Å². The lowest BCUT2D eigenvalue weighted by Crippen LogP contribution is -2.34. The third-order valence-corrected chi connectivity index (χ3v) is 7.74. The summed E-state index contributed by atoms with van der Waals surface area (Å²) in [6.07, 6.45) is 16.8. The minimum absolute atomic E-state index is 0.292. The van der Waals surface area contributed by atoms with Gasteiger partial charge in [-0.3, -0.25) is 0 Å². The van der Waals surface area contributed by atoms with E-state index in [-0.39, 0.29) is 0 Å². The van der Waals surface area contributed by atoms with Crippen LogP contribution in [0.15, 0.2) is 109 Å². The van der Waals surface area contributed by atoms with Gasteiger partial charge in [-0.15, -0.1) is 11.3 Å². The van der Waals surface area contributed by atoms with Gasteiger partial charge in [0.1, 0.15) is 0 Å². The Kier molecular flexibility index (Phi) is 5.12. The van der Waals surface area contributed by atoms with Gasteiger partial charge in [-0.1, -0.05) is 54.6 Å². The molecule has 162 valence electrons. The lowest BCUT2D eigenvalue weighted by atomic mass is 9.94. The number of rotatable bonds is 4. The van der Waals surface area contributed by atoms with E-state index in [0.717, 1.165) is 24.9 Å². The van der Waals surface area contributed by atoms with Crippen LogP contribution in [0, 0.1) is 0 Å². The van der Waals surface area contributed by atoms with E-state index >= 15 is 0 Å². The van der Waals surface area contributed by atoms with Crippen LogP contribution in [0.5, 0.6) is 0 Å². The third kappa shape index (κ3) is 3.79. The Bertz CT molecular complexity index is 1450. The van der Waals surface area contributed by atoms with Gasteiger partial charge in [0, 0.05) is 37.2 Å².